The predicted molar refractivity (Wildman–Crippen MR) is 180 cm³/mol. The number of carboxylic acid groups (broad SMARTS) is 2. The zero-order valence-corrected chi connectivity index (χ0v) is 26.9. The van der Waals surface area contributed by atoms with Gasteiger partial charge in [0, 0.05) is 29.0 Å². The highest BCUT2D eigenvalue weighted by Crippen LogP contribution is 2.39. The molecule has 45 heavy (non-hydrogen) atoms. The molecule has 1 atom stereocenters. The maximum Gasteiger partial charge on any atom is 0.526 e. The Morgan fingerprint density at radius 2 is 1.24 bits per heavy atom. The highest BCUT2D eigenvalue weighted by molar-refractivity contribution is 6.17. The lowest BCUT2D eigenvalue weighted by atomic mass is 10.0. The van der Waals surface area contributed by atoms with Crippen molar-refractivity contribution in [3.8, 4) is 11.5 Å². The number of benzene rings is 3. The molecular weight excluding hydrogens is 570 g/mol. The van der Waals surface area contributed by atoms with Crippen LogP contribution in [0.15, 0.2) is 54.6 Å². The summed E-state index contributed by atoms with van der Waals surface area (Å²) in [6.07, 6.45) is 16.0. The fourth-order valence-electron chi connectivity index (χ4n) is 5.95. The maximum atomic E-state index is 14.1. The van der Waals surface area contributed by atoms with Crippen LogP contribution in [0.5, 0.6) is 11.5 Å². The summed E-state index contributed by atoms with van der Waals surface area (Å²) in [5.41, 5.74) is -0.362. The number of nitrogens with zero attached hydrogens (tertiary/aromatic N) is 1. The molecule has 1 unspecified atom stereocenters. The number of aromatic carboxylic acids is 1. The number of unbranched alkanes of at least 4 members (excludes halogenated alkanes) is 13. The van der Waals surface area contributed by atoms with E-state index in [9.17, 15) is 29.7 Å². The molecule has 2 amide bonds. The van der Waals surface area contributed by atoms with Crippen LogP contribution in [0.25, 0.3) is 10.8 Å². The molecule has 8 heteroatoms. The highest BCUT2D eigenvalue weighted by atomic mass is 16.5. The molecular formula is C37H50NO7+. The Kier molecular flexibility index (Phi) is 14.3. The highest BCUT2D eigenvalue weighted by Gasteiger charge is 2.48. The minimum atomic E-state index is -1.48. The lowest BCUT2D eigenvalue weighted by molar-refractivity contribution is 0.0690. The van der Waals surface area contributed by atoms with Crippen molar-refractivity contribution < 1.29 is 34.4 Å². The molecule has 0 aromatic heterocycles. The second kappa shape index (κ2) is 18.2. The number of carbonyl (C=O) groups is 3. The maximum absolute atomic E-state index is 14.1. The molecule has 0 heterocycles. The van der Waals surface area contributed by atoms with Crippen molar-refractivity contribution in [3.63, 3.8) is 0 Å². The molecule has 0 saturated heterocycles. The normalized spacial score (nSPS) is 12.6. The van der Waals surface area contributed by atoms with E-state index in [0.29, 0.717) is 23.1 Å². The first-order valence-electron chi connectivity index (χ1n) is 16.7. The van der Waals surface area contributed by atoms with Gasteiger partial charge in [0.15, 0.2) is 5.69 Å². The van der Waals surface area contributed by atoms with Crippen LogP contribution in [0, 0.1) is 0 Å². The first kappa shape index (κ1) is 35.6. The quantitative estimate of drug-likeness (QED) is 0.0849. The number of aromatic hydroxyl groups is 1. The number of rotatable bonds is 20. The summed E-state index contributed by atoms with van der Waals surface area (Å²) in [7, 11) is 0. The van der Waals surface area contributed by atoms with E-state index >= 15 is 0 Å². The van der Waals surface area contributed by atoms with E-state index in [2.05, 4.69) is 6.92 Å². The molecule has 3 aromatic rings. The van der Waals surface area contributed by atoms with Crippen LogP contribution in [0.1, 0.15) is 124 Å². The van der Waals surface area contributed by atoms with Gasteiger partial charge in [0.05, 0.1) is 18.7 Å². The lowest BCUT2D eigenvalue weighted by Gasteiger charge is -2.29. The summed E-state index contributed by atoms with van der Waals surface area (Å²) in [5, 5.41) is 32.0. The number of amides is 2. The molecule has 0 fully saturated rings. The summed E-state index contributed by atoms with van der Waals surface area (Å²) in [6, 6.07) is 13.7. The van der Waals surface area contributed by atoms with Crippen LogP contribution in [0.4, 0.5) is 10.5 Å². The molecule has 0 saturated carbocycles. The van der Waals surface area contributed by atoms with Gasteiger partial charge in [-0.25, -0.2) is 9.59 Å². The van der Waals surface area contributed by atoms with Crippen LogP contribution in [-0.2, 0) is 0 Å². The van der Waals surface area contributed by atoms with E-state index in [4.69, 9.17) is 4.74 Å². The van der Waals surface area contributed by atoms with Crippen molar-refractivity contribution in [3.05, 3.63) is 65.7 Å². The molecule has 0 radical (unpaired) electrons. The molecule has 0 aliphatic rings. The van der Waals surface area contributed by atoms with E-state index in [0.717, 1.165) is 19.3 Å². The SMILES string of the molecule is CCCCCCCCCCCCCCCCOc1cc(C(=O)[N+](CC)(C(=O)O)c2cccc(C(=O)O)c2)c(O)c2ccccc12. The summed E-state index contributed by atoms with van der Waals surface area (Å²) >= 11 is 0. The van der Waals surface area contributed by atoms with E-state index in [-0.39, 0.29) is 29.1 Å². The number of fused-ring (bicyclic) bond motifs is 1. The Labute approximate surface area is 267 Å². The average molecular weight is 621 g/mol. The lowest BCUT2D eigenvalue weighted by Crippen LogP contribution is -2.58. The number of carbonyl (C=O) groups excluding carboxylic acids is 1. The van der Waals surface area contributed by atoms with Gasteiger partial charge in [0.1, 0.15) is 17.1 Å². The fraction of sp³-hybridized carbons (Fsp3) is 0.486. The van der Waals surface area contributed by atoms with E-state index in [1.54, 1.807) is 18.2 Å². The Hall–Kier alpha value is -3.91. The number of phenolic OH excluding ortho intramolecular Hbond substituents is 1. The third kappa shape index (κ3) is 9.30. The second-order valence-electron chi connectivity index (χ2n) is 11.8. The largest absolute Gasteiger partial charge is 0.526 e. The van der Waals surface area contributed by atoms with Crippen molar-refractivity contribution in [2.45, 2.75) is 104 Å². The molecule has 0 aliphatic heterocycles. The van der Waals surface area contributed by atoms with Crippen molar-refractivity contribution in [1.29, 1.82) is 0 Å². The number of hydrogen-bond donors (Lipinski definition) is 3. The molecule has 0 bridgehead atoms. The molecule has 0 aliphatic carbocycles. The summed E-state index contributed by atoms with van der Waals surface area (Å²) in [6.45, 7) is 4.00. The van der Waals surface area contributed by atoms with E-state index in [1.807, 2.05) is 6.07 Å². The predicted octanol–water partition coefficient (Wildman–Crippen LogP) is 9.95. The van der Waals surface area contributed by atoms with Gasteiger partial charge >= 0.3 is 18.0 Å². The van der Waals surface area contributed by atoms with Crippen molar-refractivity contribution in [2.75, 3.05) is 13.2 Å². The van der Waals surface area contributed by atoms with Gasteiger partial charge in [-0.3, -0.25) is 0 Å². The van der Waals surface area contributed by atoms with Crippen LogP contribution < -0.4 is 9.22 Å². The molecule has 3 N–H and O–H groups in total. The van der Waals surface area contributed by atoms with Crippen LogP contribution in [0.2, 0.25) is 0 Å². The summed E-state index contributed by atoms with van der Waals surface area (Å²) < 4.78 is 4.92. The standard InChI is InChI=1S/C37H49NO7/c1-3-5-6-7-8-9-10-11-12-13-14-15-16-19-25-45-33-27-32(34(39)31-24-18-17-23-30(31)33)35(40)38(4-2,37(43)44)29-22-20-21-28(26-29)36(41)42/h17-18,20-24,26-27H,3-16,19,25H2,1-2H3,(H2-,39,40,41,42,43,44)/p+1. The van der Waals surface area contributed by atoms with Gasteiger partial charge in [0.25, 0.3) is 0 Å². The fourth-order valence-corrected chi connectivity index (χ4v) is 5.95. The number of hydrogen-bond acceptors (Lipinski definition) is 5. The monoisotopic (exact) mass is 620 g/mol. The second-order valence-corrected chi connectivity index (χ2v) is 11.8. The third-order valence-corrected chi connectivity index (χ3v) is 8.65. The van der Waals surface area contributed by atoms with Crippen molar-refractivity contribution >= 4 is 34.4 Å². The van der Waals surface area contributed by atoms with Gasteiger partial charge in [-0.1, -0.05) is 121 Å². The average Bonchev–Trinajstić information content (AvgIpc) is 3.04. The van der Waals surface area contributed by atoms with E-state index < -0.39 is 22.5 Å². The van der Waals surface area contributed by atoms with Crippen molar-refractivity contribution in [1.82, 2.24) is 4.48 Å². The van der Waals surface area contributed by atoms with Crippen LogP contribution >= 0.6 is 0 Å². The Morgan fingerprint density at radius 3 is 1.78 bits per heavy atom. The summed E-state index contributed by atoms with van der Waals surface area (Å²) in [5.74, 6) is -2.08. The Balaban J connectivity index is 1.64. The zero-order chi connectivity index (χ0) is 32.7. The van der Waals surface area contributed by atoms with Crippen LogP contribution in [0.3, 0.4) is 0 Å². The Morgan fingerprint density at radius 1 is 0.689 bits per heavy atom. The molecule has 3 rings (SSSR count). The Bertz CT molecular complexity index is 1420. The first-order valence-corrected chi connectivity index (χ1v) is 16.7. The molecule has 244 valence electrons. The first-order chi connectivity index (χ1) is 21.8. The molecule has 8 nitrogen and oxygen atoms in total. The zero-order valence-electron chi connectivity index (χ0n) is 26.9. The number of carboxylic acids is 1. The smallest absolute Gasteiger partial charge is 0.506 e. The van der Waals surface area contributed by atoms with Gasteiger partial charge in [-0.2, -0.15) is 4.79 Å². The number of ether oxygens (including phenoxy) is 1. The topological polar surface area (TPSA) is 121 Å². The minimum absolute atomic E-state index is 0.0210. The third-order valence-electron chi connectivity index (χ3n) is 8.65. The molecule has 3 aromatic carbocycles. The van der Waals surface area contributed by atoms with Crippen LogP contribution in [-0.4, -0.2) is 46.4 Å². The molecule has 0 spiro atoms. The number of quaternary nitrogens is 1. The van der Waals surface area contributed by atoms with Gasteiger partial charge < -0.3 is 20.1 Å². The number of phenols is 1. The number of imide groups is 1. The summed E-state index contributed by atoms with van der Waals surface area (Å²) in [4.78, 5) is 38.4. The van der Waals surface area contributed by atoms with Gasteiger partial charge in [-0.15, -0.1) is 4.48 Å². The minimum Gasteiger partial charge on any atom is -0.506 e. The van der Waals surface area contributed by atoms with Crippen molar-refractivity contribution in [2.24, 2.45) is 0 Å². The van der Waals surface area contributed by atoms with Gasteiger partial charge in [0.2, 0.25) is 0 Å². The van der Waals surface area contributed by atoms with E-state index in [1.165, 1.54) is 108 Å². The van der Waals surface area contributed by atoms with Gasteiger partial charge in [-0.05, 0) is 19.4 Å².